The third-order valence-electron chi connectivity index (χ3n) is 13.8. The van der Waals surface area contributed by atoms with Gasteiger partial charge >= 0.3 is 0 Å². The number of carbonyl (C=O) groups is 1. The molecule has 0 rings (SSSR count). The molecule has 0 spiro atoms. The van der Waals surface area contributed by atoms with Crippen molar-refractivity contribution in [1.29, 1.82) is 0 Å². The van der Waals surface area contributed by atoms with Crippen LogP contribution in [0.3, 0.4) is 0 Å². The number of carbonyl (C=O) groups excluding carboxylic acids is 1. The standard InChI is InChI=1S/C60H115NO5/c1-3-5-7-9-11-13-15-17-19-21-23-25-27-28-29-30-32-33-35-37-39-41-43-45-47-49-51-53-57(63)59(65)56(55-62)61-60(66)58(64)54-52-50-48-46-44-42-40-38-36-34-31-26-24-22-20-18-16-14-12-10-8-6-4-2/h30,32,37,39,45,47,56-59,62-65H,3-29,31,33-36,38,40-44,46,48-55H2,1-2H3,(H,61,66)/b32-30+,39-37+,47-45+. The number of rotatable bonds is 54. The predicted octanol–water partition coefficient (Wildman–Crippen LogP) is 17.2. The van der Waals surface area contributed by atoms with E-state index < -0.39 is 36.9 Å². The molecule has 4 atom stereocenters. The fraction of sp³-hybridized carbons (Fsp3) is 0.883. The van der Waals surface area contributed by atoms with Crippen molar-refractivity contribution in [3.05, 3.63) is 36.5 Å². The number of amides is 1. The van der Waals surface area contributed by atoms with Crippen LogP contribution >= 0.6 is 0 Å². The molecule has 0 aliphatic carbocycles. The number of nitrogens with one attached hydrogen (secondary N) is 1. The molecule has 0 saturated carbocycles. The van der Waals surface area contributed by atoms with E-state index in [2.05, 4.69) is 55.6 Å². The second-order valence-electron chi connectivity index (χ2n) is 20.3. The van der Waals surface area contributed by atoms with Gasteiger partial charge in [0.05, 0.1) is 18.8 Å². The number of aliphatic hydroxyl groups excluding tert-OH is 4. The lowest BCUT2D eigenvalue weighted by Gasteiger charge is -2.27. The predicted molar refractivity (Wildman–Crippen MR) is 288 cm³/mol. The van der Waals surface area contributed by atoms with Crippen molar-refractivity contribution in [2.24, 2.45) is 0 Å². The summed E-state index contributed by atoms with van der Waals surface area (Å²) in [6.45, 7) is 4.08. The lowest BCUT2D eigenvalue weighted by Crippen LogP contribution is -2.53. The number of unbranched alkanes of at least 4 members (excludes halogenated alkanes) is 39. The highest BCUT2D eigenvalue weighted by molar-refractivity contribution is 5.80. The van der Waals surface area contributed by atoms with E-state index in [4.69, 9.17) is 0 Å². The molecule has 0 radical (unpaired) electrons. The van der Waals surface area contributed by atoms with Crippen LogP contribution in [0, 0.1) is 0 Å². The third kappa shape index (κ3) is 47.6. The van der Waals surface area contributed by atoms with E-state index in [1.165, 1.54) is 225 Å². The van der Waals surface area contributed by atoms with Crippen LogP contribution in [0.2, 0.25) is 0 Å². The second kappa shape index (κ2) is 54.5. The lowest BCUT2D eigenvalue weighted by atomic mass is 10.00. The third-order valence-corrected chi connectivity index (χ3v) is 13.8. The monoisotopic (exact) mass is 930 g/mol. The van der Waals surface area contributed by atoms with Gasteiger partial charge in [-0.25, -0.2) is 0 Å². The number of aliphatic hydroxyl groups is 4. The largest absolute Gasteiger partial charge is 0.394 e. The van der Waals surface area contributed by atoms with E-state index in [-0.39, 0.29) is 0 Å². The molecule has 0 aromatic rings. The fourth-order valence-electron chi connectivity index (χ4n) is 9.20. The van der Waals surface area contributed by atoms with E-state index in [0.29, 0.717) is 19.3 Å². The van der Waals surface area contributed by atoms with Crippen molar-refractivity contribution in [1.82, 2.24) is 5.32 Å². The van der Waals surface area contributed by atoms with Crippen LogP contribution in [-0.4, -0.2) is 57.3 Å². The maximum Gasteiger partial charge on any atom is 0.249 e. The molecule has 0 aromatic heterocycles. The van der Waals surface area contributed by atoms with Crippen LogP contribution in [0.5, 0.6) is 0 Å². The molecule has 1 amide bonds. The minimum Gasteiger partial charge on any atom is -0.394 e. The first-order valence-electron chi connectivity index (χ1n) is 29.4. The molecule has 0 aliphatic heterocycles. The quantitative estimate of drug-likeness (QED) is 0.0308. The summed E-state index contributed by atoms with van der Waals surface area (Å²) in [5.74, 6) is -0.594. The van der Waals surface area contributed by atoms with Gasteiger partial charge in [0.25, 0.3) is 0 Å². The van der Waals surface area contributed by atoms with Gasteiger partial charge in [-0.15, -0.1) is 0 Å². The topological polar surface area (TPSA) is 110 Å². The smallest absolute Gasteiger partial charge is 0.249 e. The maximum absolute atomic E-state index is 12.6. The van der Waals surface area contributed by atoms with Crippen LogP contribution in [0.4, 0.5) is 0 Å². The van der Waals surface area contributed by atoms with Crippen molar-refractivity contribution in [3.63, 3.8) is 0 Å². The molecule has 0 saturated heterocycles. The van der Waals surface area contributed by atoms with Crippen molar-refractivity contribution in [3.8, 4) is 0 Å². The van der Waals surface area contributed by atoms with Crippen LogP contribution in [0.1, 0.15) is 309 Å². The van der Waals surface area contributed by atoms with Crippen LogP contribution in [-0.2, 0) is 4.79 Å². The Bertz CT molecular complexity index is 1040. The summed E-state index contributed by atoms with van der Waals surface area (Å²) in [6, 6.07) is -1.01. The molecule has 5 N–H and O–H groups in total. The van der Waals surface area contributed by atoms with E-state index in [1.807, 2.05) is 0 Å². The average Bonchev–Trinajstić information content (AvgIpc) is 3.32. The highest BCUT2D eigenvalue weighted by Gasteiger charge is 2.28. The molecule has 66 heavy (non-hydrogen) atoms. The first kappa shape index (κ1) is 64.5. The van der Waals surface area contributed by atoms with Crippen molar-refractivity contribution < 1.29 is 25.2 Å². The molecule has 0 bridgehead atoms. The summed E-state index contributed by atoms with van der Waals surface area (Å²) in [5, 5.41) is 44.0. The average molecular weight is 931 g/mol. The van der Waals surface area contributed by atoms with Gasteiger partial charge in [-0.3, -0.25) is 4.79 Å². The summed E-state index contributed by atoms with van der Waals surface area (Å²) in [5.41, 5.74) is 0. The summed E-state index contributed by atoms with van der Waals surface area (Å²) in [6.07, 6.45) is 67.9. The summed E-state index contributed by atoms with van der Waals surface area (Å²) in [7, 11) is 0. The van der Waals surface area contributed by atoms with Gasteiger partial charge in [0.2, 0.25) is 5.91 Å². The first-order valence-corrected chi connectivity index (χ1v) is 29.4. The first-order chi connectivity index (χ1) is 32.5. The molecular weight excluding hydrogens is 815 g/mol. The molecule has 6 heteroatoms. The van der Waals surface area contributed by atoms with Gasteiger partial charge in [-0.2, -0.15) is 0 Å². The van der Waals surface area contributed by atoms with Gasteiger partial charge < -0.3 is 25.7 Å². The molecule has 0 aromatic carbocycles. The van der Waals surface area contributed by atoms with E-state index in [0.717, 1.165) is 51.4 Å². The van der Waals surface area contributed by atoms with E-state index in [1.54, 1.807) is 0 Å². The van der Waals surface area contributed by atoms with Gasteiger partial charge in [-0.05, 0) is 64.2 Å². The number of hydrogen-bond donors (Lipinski definition) is 5. The molecular formula is C60H115NO5. The van der Waals surface area contributed by atoms with E-state index >= 15 is 0 Å². The summed E-state index contributed by atoms with van der Waals surface area (Å²) >= 11 is 0. The molecule has 390 valence electrons. The van der Waals surface area contributed by atoms with E-state index in [9.17, 15) is 25.2 Å². The van der Waals surface area contributed by atoms with Crippen LogP contribution in [0.25, 0.3) is 0 Å². The van der Waals surface area contributed by atoms with Gasteiger partial charge in [-0.1, -0.05) is 281 Å². The van der Waals surface area contributed by atoms with Crippen molar-refractivity contribution >= 4 is 5.91 Å². The minimum absolute atomic E-state index is 0.362. The van der Waals surface area contributed by atoms with Crippen LogP contribution in [0.15, 0.2) is 36.5 Å². The minimum atomic E-state index is -1.29. The Morgan fingerprint density at radius 2 is 0.636 bits per heavy atom. The van der Waals surface area contributed by atoms with Crippen molar-refractivity contribution in [2.45, 2.75) is 334 Å². The Labute approximate surface area is 411 Å². The second-order valence-corrected chi connectivity index (χ2v) is 20.3. The molecule has 0 fully saturated rings. The van der Waals surface area contributed by atoms with Gasteiger partial charge in [0, 0.05) is 0 Å². The Hall–Kier alpha value is -1.47. The highest BCUT2D eigenvalue weighted by Crippen LogP contribution is 2.18. The maximum atomic E-state index is 12.6. The SMILES string of the molecule is CCCCCCCCCCCCCCCC/C=C/CC/C=C/CC/C=C/CCCC(O)C(O)C(CO)NC(=O)C(O)CCCCCCCCCCCCCCCCCCCCCCCCC. The summed E-state index contributed by atoms with van der Waals surface area (Å²) < 4.78 is 0. The molecule has 4 unspecified atom stereocenters. The Morgan fingerprint density at radius 1 is 0.364 bits per heavy atom. The molecule has 0 heterocycles. The zero-order valence-corrected chi connectivity index (χ0v) is 44.2. The lowest BCUT2D eigenvalue weighted by molar-refractivity contribution is -0.132. The van der Waals surface area contributed by atoms with Gasteiger partial charge in [0.15, 0.2) is 0 Å². The zero-order chi connectivity index (χ0) is 48.1. The molecule has 0 aliphatic rings. The zero-order valence-electron chi connectivity index (χ0n) is 44.2. The normalized spacial score (nSPS) is 14.0. The van der Waals surface area contributed by atoms with Gasteiger partial charge in [0.1, 0.15) is 12.2 Å². The molecule has 6 nitrogen and oxygen atoms in total. The Kier molecular flexibility index (Phi) is 53.3. The number of allylic oxidation sites excluding steroid dienone is 6. The summed E-state index contributed by atoms with van der Waals surface area (Å²) in [4.78, 5) is 12.6. The fourth-order valence-corrected chi connectivity index (χ4v) is 9.20. The Balaban J connectivity index is 3.68. The van der Waals surface area contributed by atoms with Crippen molar-refractivity contribution in [2.75, 3.05) is 6.61 Å². The van der Waals surface area contributed by atoms with Crippen LogP contribution < -0.4 is 5.32 Å². The number of hydrogen-bond acceptors (Lipinski definition) is 5. The Morgan fingerprint density at radius 3 is 0.955 bits per heavy atom. The highest BCUT2D eigenvalue weighted by atomic mass is 16.3.